The van der Waals surface area contributed by atoms with Crippen LogP contribution in [0.15, 0.2) is 78.9 Å². The van der Waals surface area contributed by atoms with Crippen LogP contribution >= 0.6 is 0 Å². The van der Waals surface area contributed by atoms with E-state index in [2.05, 4.69) is 24.1 Å². The number of anilines is 1. The second-order valence-corrected chi connectivity index (χ2v) is 9.88. The van der Waals surface area contributed by atoms with Crippen molar-refractivity contribution in [1.82, 2.24) is 10.2 Å². The van der Waals surface area contributed by atoms with Crippen molar-refractivity contribution in [2.45, 2.75) is 32.7 Å². The van der Waals surface area contributed by atoms with Crippen LogP contribution in [0, 0.1) is 5.92 Å². The van der Waals surface area contributed by atoms with Gasteiger partial charge in [-0.3, -0.25) is 14.5 Å². The quantitative estimate of drug-likeness (QED) is 0.393. The molecule has 7 nitrogen and oxygen atoms in total. The lowest BCUT2D eigenvalue weighted by Crippen LogP contribution is -2.44. The Kier molecular flexibility index (Phi) is 9.38. The lowest BCUT2D eigenvalue weighted by molar-refractivity contribution is -0.120. The maximum atomic E-state index is 13.7. The van der Waals surface area contributed by atoms with Gasteiger partial charge in [-0.15, -0.1) is 0 Å². The van der Waals surface area contributed by atoms with E-state index in [0.29, 0.717) is 47.0 Å². The molecule has 1 aliphatic heterocycles. The van der Waals surface area contributed by atoms with Crippen LogP contribution in [-0.2, 0) is 4.79 Å². The van der Waals surface area contributed by atoms with E-state index >= 15 is 0 Å². The van der Waals surface area contributed by atoms with E-state index in [0.717, 1.165) is 25.9 Å². The van der Waals surface area contributed by atoms with Crippen molar-refractivity contribution < 1.29 is 19.1 Å². The van der Waals surface area contributed by atoms with Crippen LogP contribution in [-0.4, -0.2) is 56.0 Å². The first kappa shape index (κ1) is 27.2. The Bertz CT molecular complexity index is 1190. The summed E-state index contributed by atoms with van der Waals surface area (Å²) in [4.78, 5) is 30.9. The fraction of sp³-hybridized carbons (Fsp3) is 0.355. The molecule has 3 aromatic carbocycles. The third-order valence-corrected chi connectivity index (χ3v) is 6.98. The number of hydrogen-bond acceptors (Lipinski definition) is 5. The number of benzene rings is 3. The van der Waals surface area contributed by atoms with E-state index in [4.69, 9.17) is 9.47 Å². The summed E-state index contributed by atoms with van der Waals surface area (Å²) >= 11 is 0. The second-order valence-electron chi connectivity index (χ2n) is 9.88. The van der Waals surface area contributed by atoms with Gasteiger partial charge in [0.05, 0.1) is 12.8 Å². The van der Waals surface area contributed by atoms with Gasteiger partial charge in [0.2, 0.25) is 5.91 Å². The first-order valence-corrected chi connectivity index (χ1v) is 13.2. The molecule has 1 N–H and O–H groups in total. The monoisotopic (exact) mass is 515 g/mol. The first-order valence-electron chi connectivity index (χ1n) is 13.2. The normalized spacial score (nSPS) is 14.2. The van der Waals surface area contributed by atoms with Crippen LogP contribution in [0.2, 0.25) is 0 Å². The number of likely N-dealkylation sites (tertiary alicyclic amines) is 1. The molecule has 200 valence electrons. The topological polar surface area (TPSA) is 71.1 Å². The van der Waals surface area contributed by atoms with Crippen LogP contribution in [0.1, 0.15) is 37.0 Å². The molecule has 0 unspecified atom stereocenters. The predicted molar refractivity (Wildman–Crippen MR) is 150 cm³/mol. The molecule has 0 radical (unpaired) electrons. The highest BCUT2D eigenvalue weighted by Gasteiger charge is 2.25. The van der Waals surface area contributed by atoms with Gasteiger partial charge < -0.3 is 19.7 Å². The average molecular weight is 516 g/mol. The number of nitrogens with zero attached hydrogens (tertiary/aromatic N) is 2. The fourth-order valence-electron chi connectivity index (χ4n) is 4.67. The van der Waals surface area contributed by atoms with Gasteiger partial charge in [0.15, 0.2) is 5.75 Å². The van der Waals surface area contributed by atoms with Crippen LogP contribution in [0.25, 0.3) is 0 Å². The molecule has 1 aliphatic rings. The van der Waals surface area contributed by atoms with E-state index in [9.17, 15) is 9.59 Å². The number of hydrogen-bond donors (Lipinski definition) is 1. The number of para-hydroxylation sites is 3. The maximum Gasteiger partial charge on any atom is 0.258 e. The molecule has 4 rings (SSSR count). The smallest absolute Gasteiger partial charge is 0.258 e. The largest absolute Gasteiger partial charge is 0.497 e. The molecular weight excluding hydrogens is 478 g/mol. The number of nitrogens with one attached hydrogen (secondary N) is 1. The lowest BCUT2D eigenvalue weighted by Gasteiger charge is -2.34. The van der Waals surface area contributed by atoms with E-state index in [1.807, 2.05) is 42.5 Å². The second kappa shape index (κ2) is 13.1. The summed E-state index contributed by atoms with van der Waals surface area (Å²) in [5.74, 6) is 1.74. The molecule has 1 saturated heterocycles. The summed E-state index contributed by atoms with van der Waals surface area (Å²) in [5, 5.41) is 3.08. The summed E-state index contributed by atoms with van der Waals surface area (Å²) in [5.41, 5.74) is 0.978. The summed E-state index contributed by atoms with van der Waals surface area (Å²) in [6.45, 7) is 7.02. The minimum atomic E-state index is -0.294. The first-order chi connectivity index (χ1) is 18.4. The van der Waals surface area contributed by atoms with Gasteiger partial charge in [0.25, 0.3) is 5.91 Å². The molecule has 3 aromatic rings. The molecule has 0 spiro atoms. The number of amides is 2. The molecule has 0 aliphatic carbocycles. The minimum absolute atomic E-state index is 0.120. The van der Waals surface area contributed by atoms with Gasteiger partial charge in [-0.2, -0.15) is 0 Å². The fourth-order valence-corrected chi connectivity index (χ4v) is 4.67. The van der Waals surface area contributed by atoms with E-state index < -0.39 is 0 Å². The summed E-state index contributed by atoms with van der Waals surface area (Å²) in [7, 11) is 1.58. The molecule has 38 heavy (non-hydrogen) atoms. The van der Waals surface area contributed by atoms with E-state index in [-0.39, 0.29) is 18.4 Å². The zero-order valence-corrected chi connectivity index (χ0v) is 22.4. The molecule has 7 heteroatoms. The van der Waals surface area contributed by atoms with Crippen molar-refractivity contribution in [3.05, 3.63) is 84.4 Å². The molecular formula is C31H37N3O4. The van der Waals surface area contributed by atoms with Crippen molar-refractivity contribution in [2.75, 3.05) is 38.2 Å². The number of ether oxygens (including phenoxy) is 2. The number of carbonyl (C=O) groups excluding carboxylic acids is 2. The minimum Gasteiger partial charge on any atom is -0.497 e. The molecule has 0 bridgehead atoms. The molecule has 0 atom stereocenters. The summed E-state index contributed by atoms with van der Waals surface area (Å²) in [6, 6.07) is 24.1. The average Bonchev–Trinajstić information content (AvgIpc) is 2.95. The zero-order valence-electron chi connectivity index (χ0n) is 22.4. The van der Waals surface area contributed by atoms with Crippen molar-refractivity contribution in [3.8, 4) is 17.2 Å². The van der Waals surface area contributed by atoms with E-state index in [1.165, 1.54) is 4.90 Å². The predicted octanol–water partition coefficient (Wildman–Crippen LogP) is 5.37. The van der Waals surface area contributed by atoms with Crippen LogP contribution in [0.3, 0.4) is 0 Å². The van der Waals surface area contributed by atoms with E-state index in [1.54, 1.807) is 43.5 Å². The molecule has 1 fully saturated rings. The lowest BCUT2D eigenvalue weighted by atomic mass is 9.96. The zero-order chi connectivity index (χ0) is 26.9. The number of carbonyl (C=O) groups is 2. The van der Waals surface area contributed by atoms with Crippen LogP contribution in [0.5, 0.6) is 17.2 Å². The number of rotatable bonds is 10. The van der Waals surface area contributed by atoms with Crippen LogP contribution < -0.4 is 19.7 Å². The van der Waals surface area contributed by atoms with Gasteiger partial charge >= 0.3 is 0 Å². The van der Waals surface area contributed by atoms with Crippen molar-refractivity contribution in [3.63, 3.8) is 0 Å². The molecule has 2 amide bonds. The highest BCUT2D eigenvalue weighted by Crippen LogP contribution is 2.33. The number of methoxy groups -OCH3 is 1. The van der Waals surface area contributed by atoms with Crippen molar-refractivity contribution in [1.29, 1.82) is 0 Å². The van der Waals surface area contributed by atoms with Gasteiger partial charge in [0.1, 0.15) is 18.0 Å². The van der Waals surface area contributed by atoms with Gasteiger partial charge in [-0.05, 0) is 94.2 Å². The Hall–Kier alpha value is -3.84. The third kappa shape index (κ3) is 7.13. The van der Waals surface area contributed by atoms with Crippen LogP contribution in [0.4, 0.5) is 5.69 Å². The Labute approximate surface area is 225 Å². The molecule has 0 saturated carbocycles. The SMILES string of the molecule is COc1ccc(C(=O)N(CC(=O)NCC2CCN(C(C)C)CC2)c2ccccc2Oc2ccccc2)cc1. The Morgan fingerprint density at radius 1 is 0.921 bits per heavy atom. The number of piperidine rings is 1. The van der Waals surface area contributed by atoms with Gasteiger partial charge in [-0.1, -0.05) is 30.3 Å². The van der Waals surface area contributed by atoms with Gasteiger partial charge in [-0.25, -0.2) is 0 Å². The summed E-state index contributed by atoms with van der Waals surface area (Å²) < 4.78 is 11.4. The Morgan fingerprint density at radius 2 is 1.58 bits per heavy atom. The molecule has 0 aromatic heterocycles. The highest BCUT2D eigenvalue weighted by molar-refractivity contribution is 6.09. The Morgan fingerprint density at radius 3 is 2.24 bits per heavy atom. The van der Waals surface area contributed by atoms with Crippen molar-refractivity contribution in [2.24, 2.45) is 5.92 Å². The third-order valence-electron chi connectivity index (χ3n) is 6.98. The Balaban J connectivity index is 1.52. The standard InChI is InChI=1S/C31H37N3O4/c1-23(2)33-19-17-24(18-20-33)21-32-30(35)22-34(31(36)25-13-15-26(37-3)16-14-25)28-11-7-8-12-29(28)38-27-9-5-4-6-10-27/h4-16,23-24H,17-22H2,1-3H3,(H,32,35). The van der Waals surface area contributed by atoms with Gasteiger partial charge in [0, 0.05) is 18.2 Å². The van der Waals surface area contributed by atoms with Crippen molar-refractivity contribution >= 4 is 17.5 Å². The summed E-state index contributed by atoms with van der Waals surface area (Å²) in [6.07, 6.45) is 2.11. The maximum absolute atomic E-state index is 13.7. The molecule has 1 heterocycles. The highest BCUT2D eigenvalue weighted by atomic mass is 16.5.